The number of pyridine rings is 1. The summed E-state index contributed by atoms with van der Waals surface area (Å²) in [4.78, 5) is 27.7. The third-order valence-corrected chi connectivity index (χ3v) is 2.89. The molecule has 110 valence electrons. The molecule has 7 heteroatoms. The average molecular weight is 300 g/mol. The van der Waals surface area contributed by atoms with Gasteiger partial charge in [-0.3, -0.25) is 14.6 Å². The zero-order valence-electron chi connectivity index (χ0n) is 11.7. The summed E-state index contributed by atoms with van der Waals surface area (Å²) in [5, 5.41) is 5.51. The third-order valence-electron chi connectivity index (χ3n) is 2.58. The van der Waals surface area contributed by atoms with Gasteiger partial charge in [0.25, 0.3) is 5.91 Å². The number of carbonyl (C=O) groups excluding carboxylic acids is 2. The fraction of sp³-hybridized carbons (Fsp3) is 0.462. The molecule has 0 radical (unpaired) electrons. The first-order valence-electron chi connectivity index (χ1n) is 6.15. The molecule has 20 heavy (non-hydrogen) atoms. The van der Waals surface area contributed by atoms with Crippen LogP contribution in [0.4, 0.5) is 0 Å². The SMILES string of the molecule is COCCNC(=O)C(C)NC(=O)c1cnc(C)cc1Cl. The Morgan fingerprint density at radius 2 is 2.20 bits per heavy atom. The van der Waals surface area contributed by atoms with E-state index < -0.39 is 11.9 Å². The minimum atomic E-state index is -0.670. The number of nitrogens with zero attached hydrogens (tertiary/aromatic N) is 1. The highest BCUT2D eigenvalue weighted by atomic mass is 35.5. The summed E-state index contributed by atoms with van der Waals surface area (Å²) < 4.78 is 4.82. The van der Waals surface area contributed by atoms with E-state index in [4.69, 9.17) is 16.3 Å². The highest BCUT2D eigenvalue weighted by molar-refractivity contribution is 6.33. The topological polar surface area (TPSA) is 80.3 Å². The van der Waals surface area contributed by atoms with Crippen LogP contribution in [0.1, 0.15) is 23.0 Å². The molecule has 1 aromatic heterocycles. The van der Waals surface area contributed by atoms with Crippen molar-refractivity contribution in [2.24, 2.45) is 0 Å². The average Bonchev–Trinajstić information content (AvgIpc) is 2.38. The van der Waals surface area contributed by atoms with E-state index >= 15 is 0 Å². The van der Waals surface area contributed by atoms with Crippen LogP contribution in [0.15, 0.2) is 12.3 Å². The number of rotatable bonds is 6. The number of ether oxygens (including phenoxy) is 1. The molecule has 2 amide bonds. The summed E-state index contributed by atoms with van der Waals surface area (Å²) in [6.45, 7) is 4.18. The Morgan fingerprint density at radius 3 is 2.80 bits per heavy atom. The molecule has 2 N–H and O–H groups in total. The Hall–Kier alpha value is -1.66. The van der Waals surface area contributed by atoms with Gasteiger partial charge in [0.15, 0.2) is 0 Å². The van der Waals surface area contributed by atoms with E-state index in [0.717, 1.165) is 5.69 Å². The van der Waals surface area contributed by atoms with Gasteiger partial charge < -0.3 is 15.4 Å². The molecular weight excluding hydrogens is 282 g/mol. The summed E-state index contributed by atoms with van der Waals surface area (Å²) in [7, 11) is 1.55. The van der Waals surface area contributed by atoms with Gasteiger partial charge in [0.2, 0.25) is 5.91 Å². The molecule has 1 aromatic rings. The minimum Gasteiger partial charge on any atom is -0.383 e. The Bertz CT molecular complexity index is 494. The maximum absolute atomic E-state index is 12.0. The first-order valence-corrected chi connectivity index (χ1v) is 6.53. The Kier molecular flexibility index (Phi) is 6.41. The van der Waals surface area contributed by atoms with Crippen LogP contribution in [0.3, 0.4) is 0 Å². The minimum absolute atomic E-state index is 0.244. The third kappa shape index (κ3) is 4.79. The van der Waals surface area contributed by atoms with Gasteiger partial charge in [-0.2, -0.15) is 0 Å². The molecule has 0 fully saturated rings. The van der Waals surface area contributed by atoms with Crippen molar-refractivity contribution >= 4 is 23.4 Å². The largest absolute Gasteiger partial charge is 0.383 e. The van der Waals surface area contributed by atoms with Crippen LogP contribution in [0.5, 0.6) is 0 Å². The van der Waals surface area contributed by atoms with Gasteiger partial charge in [-0.05, 0) is 19.9 Å². The lowest BCUT2D eigenvalue weighted by molar-refractivity contribution is -0.122. The lowest BCUT2D eigenvalue weighted by Gasteiger charge is -2.14. The highest BCUT2D eigenvalue weighted by Crippen LogP contribution is 2.15. The number of hydrogen-bond acceptors (Lipinski definition) is 4. The molecule has 6 nitrogen and oxygen atoms in total. The van der Waals surface area contributed by atoms with E-state index in [1.807, 2.05) is 0 Å². The fourth-order valence-corrected chi connectivity index (χ4v) is 1.76. The summed E-state index contributed by atoms with van der Waals surface area (Å²) in [5.74, 6) is -0.719. The van der Waals surface area contributed by atoms with E-state index in [-0.39, 0.29) is 11.5 Å². The van der Waals surface area contributed by atoms with Crippen LogP contribution in [0, 0.1) is 6.92 Å². The normalized spacial score (nSPS) is 11.8. The maximum atomic E-state index is 12.0. The number of nitrogens with one attached hydrogen (secondary N) is 2. The van der Waals surface area contributed by atoms with Gasteiger partial charge in [-0.15, -0.1) is 0 Å². The van der Waals surface area contributed by atoms with Crippen molar-refractivity contribution in [3.8, 4) is 0 Å². The van der Waals surface area contributed by atoms with Crippen LogP contribution >= 0.6 is 11.6 Å². The van der Waals surface area contributed by atoms with E-state index in [0.29, 0.717) is 18.2 Å². The molecule has 1 rings (SSSR count). The summed E-state index contributed by atoms with van der Waals surface area (Å²) in [5.41, 5.74) is 0.964. The predicted molar refractivity (Wildman–Crippen MR) is 75.8 cm³/mol. The second kappa shape index (κ2) is 7.81. The van der Waals surface area contributed by atoms with E-state index in [2.05, 4.69) is 15.6 Å². The first kappa shape index (κ1) is 16.4. The number of methoxy groups -OCH3 is 1. The standard InChI is InChI=1S/C13H18ClN3O3/c1-8-6-11(14)10(7-16-8)13(19)17-9(2)12(18)15-4-5-20-3/h6-7,9H,4-5H2,1-3H3,(H,15,18)(H,17,19). The molecule has 0 bridgehead atoms. The van der Waals surface area contributed by atoms with Crippen molar-refractivity contribution in [3.63, 3.8) is 0 Å². The molecule has 1 heterocycles. The highest BCUT2D eigenvalue weighted by Gasteiger charge is 2.18. The van der Waals surface area contributed by atoms with Crippen molar-refractivity contribution in [1.82, 2.24) is 15.6 Å². The number of aryl methyl sites for hydroxylation is 1. The van der Waals surface area contributed by atoms with Crippen LogP contribution in [-0.4, -0.2) is 43.1 Å². The Morgan fingerprint density at radius 1 is 1.50 bits per heavy atom. The van der Waals surface area contributed by atoms with Crippen molar-refractivity contribution in [2.75, 3.05) is 20.3 Å². The van der Waals surface area contributed by atoms with Gasteiger partial charge >= 0.3 is 0 Å². The van der Waals surface area contributed by atoms with Gasteiger partial charge in [-0.25, -0.2) is 0 Å². The molecule has 0 spiro atoms. The second-order valence-electron chi connectivity index (χ2n) is 4.28. The quantitative estimate of drug-likeness (QED) is 0.766. The molecule has 0 saturated carbocycles. The Labute approximate surface area is 122 Å². The van der Waals surface area contributed by atoms with Gasteiger partial charge in [-0.1, -0.05) is 11.6 Å². The van der Waals surface area contributed by atoms with Crippen LogP contribution < -0.4 is 10.6 Å². The van der Waals surface area contributed by atoms with Crippen LogP contribution in [-0.2, 0) is 9.53 Å². The fourth-order valence-electron chi connectivity index (χ4n) is 1.46. The smallest absolute Gasteiger partial charge is 0.255 e. The van der Waals surface area contributed by atoms with E-state index in [1.54, 1.807) is 27.0 Å². The number of aromatic nitrogens is 1. The summed E-state index contributed by atoms with van der Waals surface area (Å²) >= 11 is 5.97. The van der Waals surface area contributed by atoms with Gasteiger partial charge in [0, 0.05) is 25.5 Å². The molecule has 0 aliphatic heterocycles. The van der Waals surface area contributed by atoms with E-state index in [9.17, 15) is 9.59 Å². The number of hydrogen-bond donors (Lipinski definition) is 2. The zero-order chi connectivity index (χ0) is 15.1. The van der Waals surface area contributed by atoms with Crippen LogP contribution in [0.25, 0.3) is 0 Å². The Balaban J connectivity index is 2.58. The van der Waals surface area contributed by atoms with Gasteiger partial charge in [0.05, 0.1) is 17.2 Å². The van der Waals surface area contributed by atoms with Crippen molar-refractivity contribution in [3.05, 3.63) is 28.5 Å². The molecule has 0 aliphatic carbocycles. The molecule has 0 aliphatic rings. The van der Waals surface area contributed by atoms with Gasteiger partial charge in [0.1, 0.15) is 6.04 Å². The molecule has 1 atom stereocenters. The van der Waals surface area contributed by atoms with Crippen molar-refractivity contribution < 1.29 is 14.3 Å². The number of halogens is 1. The molecular formula is C13H18ClN3O3. The molecule has 0 aromatic carbocycles. The monoisotopic (exact) mass is 299 g/mol. The molecule has 0 saturated heterocycles. The first-order chi connectivity index (χ1) is 9.45. The second-order valence-corrected chi connectivity index (χ2v) is 4.69. The lowest BCUT2D eigenvalue weighted by atomic mass is 10.2. The van der Waals surface area contributed by atoms with Crippen LogP contribution in [0.2, 0.25) is 5.02 Å². The maximum Gasteiger partial charge on any atom is 0.255 e. The summed E-state index contributed by atoms with van der Waals surface area (Å²) in [6.07, 6.45) is 1.39. The number of amides is 2. The van der Waals surface area contributed by atoms with E-state index in [1.165, 1.54) is 6.20 Å². The lowest BCUT2D eigenvalue weighted by Crippen LogP contribution is -2.45. The van der Waals surface area contributed by atoms with Crippen molar-refractivity contribution in [1.29, 1.82) is 0 Å². The predicted octanol–water partition coefficient (Wildman–Crippen LogP) is 0.924. The summed E-state index contributed by atoms with van der Waals surface area (Å²) in [6, 6.07) is 0.927. The number of carbonyl (C=O) groups is 2. The zero-order valence-corrected chi connectivity index (χ0v) is 12.5. The molecule has 1 unspecified atom stereocenters. The van der Waals surface area contributed by atoms with Crippen molar-refractivity contribution in [2.45, 2.75) is 19.9 Å².